The van der Waals surface area contributed by atoms with Crippen LogP contribution in [0.15, 0.2) is 12.3 Å². The van der Waals surface area contributed by atoms with Gasteiger partial charge in [0.2, 0.25) is 0 Å². The Hall–Kier alpha value is -1.03. The van der Waals surface area contributed by atoms with Crippen molar-refractivity contribution in [2.24, 2.45) is 0 Å². The zero-order valence-electron chi connectivity index (χ0n) is 8.62. The van der Waals surface area contributed by atoms with Crippen LogP contribution in [-0.4, -0.2) is 25.0 Å². The van der Waals surface area contributed by atoms with Crippen LogP contribution in [0.1, 0.15) is 26.7 Å². The third kappa shape index (κ3) is 2.26. The van der Waals surface area contributed by atoms with Gasteiger partial charge in [-0.2, -0.15) is 0 Å². The van der Waals surface area contributed by atoms with Crippen LogP contribution in [0.2, 0.25) is 0 Å². The standard InChI is InChI=1S/C10H16O4/c1-3-12-9(11)10(13-4-2)7-5-6-8-14-10/h6,8H,3-5,7H2,1-2H3. The van der Waals surface area contributed by atoms with E-state index in [1.54, 1.807) is 6.92 Å². The summed E-state index contributed by atoms with van der Waals surface area (Å²) in [6, 6.07) is 0. The molecule has 0 aromatic heterocycles. The second-order valence-corrected chi connectivity index (χ2v) is 2.93. The summed E-state index contributed by atoms with van der Waals surface area (Å²) in [4.78, 5) is 11.6. The summed E-state index contributed by atoms with van der Waals surface area (Å²) in [6.45, 7) is 4.34. The van der Waals surface area contributed by atoms with Gasteiger partial charge < -0.3 is 14.2 Å². The van der Waals surface area contributed by atoms with Crippen molar-refractivity contribution in [2.75, 3.05) is 13.2 Å². The van der Waals surface area contributed by atoms with Crippen LogP contribution >= 0.6 is 0 Å². The summed E-state index contributed by atoms with van der Waals surface area (Å²) in [5.74, 6) is -1.65. The van der Waals surface area contributed by atoms with Crippen LogP contribution in [0, 0.1) is 0 Å². The number of rotatable bonds is 4. The van der Waals surface area contributed by atoms with E-state index in [0.29, 0.717) is 19.6 Å². The van der Waals surface area contributed by atoms with Gasteiger partial charge in [-0.15, -0.1) is 0 Å². The summed E-state index contributed by atoms with van der Waals surface area (Å²) in [5.41, 5.74) is 0. The molecule has 0 amide bonds. The van der Waals surface area contributed by atoms with Gasteiger partial charge >= 0.3 is 11.8 Å². The maximum absolute atomic E-state index is 11.6. The number of hydrogen-bond acceptors (Lipinski definition) is 4. The van der Waals surface area contributed by atoms with Crippen LogP contribution in [0.25, 0.3) is 0 Å². The fourth-order valence-electron chi connectivity index (χ4n) is 1.35. The van der Waals surface area contributed by atoms with Crippen LogP contribution in [-0.2, 0) is 19.0 Å². The summed E-state index contributed by atoms with van der Waals surface area (Å²) in [7, 11) is 0. The molecule has 0 fully saturated rings. The molecule has 1 aliphatic heterocycles. The number of carbonyl (C=O) groups is 1. The summed E-state index contributed by atoms with van der Waals surface area (Å²) in [5, 5.41) is 0. The van der Waals surface area contributed by atoms with E-state index in [9.17, 15) is 4.79 Å². The molecule has 4 heteroatoms. The minimum atomic E-state index is -1.21. The van der Waals surface area contributed by atoms with Crippen molar-refractivity contribution in [3.05, 3.63) is 12.3 Å². The molecule has 80 valence electrons. The molecule has 1 aliphatic rings. The smallest absolute Gasteiger partial charge is 0.379 e. The lowest BCUT2D eigenvalue weighted by molar-refractivity contribution is -0.233. The fraction of sp³-hybridized carbons (Fsp3) is 0.700. The van der Waals surface area contributed by atoms with E-state index in [0.717, 1.165) is 6.42 Å². The monoisotopic (exact) mass is 200 g/mol. The van der Waals surface area contributed by atoms with E-state index in [1.807, 2.05) is 13.0 Å². The van der Waals surface area contributed by atoms with E-state index in [4.69, 9.17) is 14.2 Å². The molecule has 0 aromatic carbocycles. The molecule has 0 spiro atoms. The molecular weight excluding hydrogens is 184 g/mol. The van der Waals surface area contributed by atoms with Crippen LogP contribution in [0.3, 0.4) is 0 Å². The molecule has 14 heavy (non-hydrogen) atoms. The predicted molar refractivity (Wildman–Crippen MR) is 50.4 cm³/mol. The van der Waals surface area contributed by atoms with Gasteiger partial charge in [0.05, 0.1) is 12.9 Å². The van der Waals surface area contributed by atoms with Crippen molar-refractivity contribution in [3.8, 4) is 0 Å². The Morgan fingerprint density at radius 3 is 2.79 bits per heavy atom. The van der Waals surface area contributed by atoms with Crippen LogP contribution < -0.4 is 0 Å². The topological polar surface area (TPSA) is 44.8 Å². The zero-order chi connectivity index (χ0) is 10.4. The molecule has 0 aliphatic carbocycles. The molecular formula is C10H16O4. The van der Waals surface area contributed by atoms with E-state index in [2.05, 4.69) is 0 Å². The lowest BCUT2D eigenvalue weighted by atomic mass is 10.1. The summed E-state index contributed by atoms with van der Waals surface area (Å²) < 4.78 is 15.5. The lowest BCUT2D eigenvalue weighted by Gasteiger charge is -2.31. The third-order valence-electron chi connectivity index (χ3n) is 1.96. The highest BCUT2D eigenvalue weighted by molar-refractivity contribution is 5.78. The second-order valence-electron chi connectivity index (χ2n) is 2.93. The molecule has 0 aromatic rings. The molecule has 0 saturated heterocycles. The van der Waals surface area contributed by atoms with Gasteiger partial charge in [-0.3, -0.25) is 0 Å². The maximum Gasteiger partial charge on any atom is 0.379 e. The maximum atomic E-state index is 11.6. The van der Waals surface area contributed by atoms with Gasteiger partial charge in [-0.05, 0) is 26.3 Å². The average molecular weight is 200 g/mol. The van der Waals surface area contributed by atoms with Gasteiger partial charge in [-0.1, -0.05) is 0 Å². The van der Waals surface area contributed by atoms with E-state index in [-0.39, 0.29) is 0 Å². The quantitative estimate of drug-likeness (QED) is 0.647. The molecule has 0 bridgehead atoms. The highest BCUT2D eigenvalue weighted by Gasteiger charge is 2.43. The molecule has 1 unspecified atom stereocenters. The molecule has 1 atom stereocenters. The van der Waals surface area contributed by atoms with E-state index >= 15 is 0 Å². The van der Waals surface area contributed by atoms with Gasteiger partial charge in [-0.25, -0.2) is 4.79 Å². The first-order valence-corrected chi connectivity index (χ1v) is 4.89. The van der Waals surface area contributed by atoms with Gasteiger partial charge in [0.1, 0.15) is 0 Å². The largest absolute Gasteiger partial charge is 0.461 e. The first-order chi connectivity index (χ1) is 6.75. The Bertz CT molecular complexity index is 224. The minimum absolute atomic E-state index is 0.334. The Balaban J connectivity index is 2.70. The SMILES string of the molecule is CCOC(=O)C1(OCC)CCC=CO1. The van der Waals surface area contributed by atoms with Crippen LogP contribution in [0.4, 0.5) is 0 Å². The summed E-state index contributed by atoms with van der Waals surface area (Å²) in [6.07, 6.45) is 4.63. The Morgan fingerprint density at radius 2 is 2.29 bits per heavy atom. The summed E-state index contributed by atoms with van der Waals surface area (Å²) >= 11 is 0. The van der Waals surface area contributed by atoms with Crippen molar-refractivity contribution in [1.29, 1.82) is 0 Å². The van der Waals surface area contributed by atoms with Crippen molar-refractivity contribution in [1.82, 2.24) is 0 Å². The van der Waals surface area contributed by atoms with E-state index < -0.39 is 11.8 Å². The number of esters is 1. The molecule has 0 N–H and O–H groups in total. The number of ether oxygens (including phenoxy) is 3. The third-order valence-corrected chi connectivity index (χ3v) is 1.96. The number of hydrogen-bond donors (Lipinski definition) is 0. The van der Waals surface area contributed by atoms with Gasteiger partial charge in [0.15, 0.2) is 0 Å². The molecule has 4 nitrogen and oxygen atoms in total. The van der Waals surface area contributed by atoms with Gasteiger partial charge in [0, 0.05) is 13.0 Å². The zero-order valence-corrected chi connectivity index (χ0v) is 8.62. The van der Waals surface area contributed by atoms with Crippen LogP contribution in [0.5, 0.6) is 0 Å². The highest BCUT2D eigenvalue weighted by Crippen LogP contribution is 2.26. The normalized spacial score (nSPS) is 25.6. The predicted octanol–water partition coefficient (Wildman–Crippen LogP) is 1.61. The fourth-order valence-corrected chi connectivity index (χ4v) is 1.35. The second kappa shape index (κ2) is 5.00. The molecule has 1 rings (SSSR count). The van der Waals surface area contributed by atoms with Gasteiger partial charge in [0.25, 0.3) is 0 Å². The molecule has 1 heterocycles. The Morgan fingerprint density at radius 1 is 1.50 bits per heavy atom. The number of allylic oxidation sites excluding steroid dienone is 1. The first-order valence-electron chi connectivity index (χ1n) is 4.89. The van der Waals surface area contributed by atoms with Crippen molar-refractivity contribution in [2.45, 2.75) is 32.5 Å². The number of carbonyl (C=O) groups excluding carboxylic acids is 1. The van der Waals surface area contributed by atoms with Crippen molar-refractivity contribution in [3.63, 3.8) is 0 Å². The molecule has 0 saturated carbocycles. The highest BCUT2D eigenvalue weighted by atomic mass is 16.7. The van der Waals surface area contributed by atoms with Crippen molar-refractivity contribution < 1.29 is 19.0 Å². The Labute approximate surface area is 83.8 Å². The van der Waals surface area contributed by atoms with E-state index in [1.165, 1.54) is 6.26 Å². The minimum Gasteiger partial charge on any atom is -0.461 e. The van der Waals surface area contributed by atoms with Crippen molar-refractivity contribution >= 4 is 5.97 Å². The lowest BCUT2D eigenvalue weighted by Crippen LogP contribution is -2.45. The first kappa shape index (κ1) is 11.0. The Kier molecular flexibility index (Phi) is 3.95. The molecule has 0 radical (unpaired) electrons. The average Bonchev–Trinajstić information content (AvgIpc) is 2.20.